The molecule has 1 atom stereocenters. The molecule has 2 fully saturated rings. The number of piperidine rings is 1. The van der Waals surface area contributed by atoms with Crippen LogP contribution in [0.1, 0.15) is 46.5 Å². The Bertz CT molecular complexity index is 414. The molecule has 1 heterocycles. The Hall–Kier alpha value is -1.30. The molecule has 0 spiro atoms. The maximum atomic E-state index is 11.6. The highest BCUT2D eigenvalue weighted by molar-refractivity contribution is 5.81. The van der Waals surface area contributed by atoms with Gasteiger partial charge in [-0.2, -0.15) is 0 Å². The first-order valence-electron chi connectivity index (χ1n) is 9.64. The van der Waals surface area contributed by atoms with E-state index < -0.39 is 0 Å². The zero-order valence-corrected chi connectivity index (χ0v) is 15.6. The molecule has 3 N–H and O–H groups in total. The van der Waals surface area contributed by atoms with E-state index in [0.717, 1.165) is 37.8 Å². The molecule has 6 nitrogen and oxygen atoms in total. The van der Waals surface area contributed by atoms with E-state index >= 15 is 0 Å². The second kappa shape index (κ2) is 9.87. The third-order valence-electron chi connectivity index (χ3n) is 4.96. The number of guanidine groups is 1. The average molecular weight is 338 g/mol. The molecule has 0 aromatic rings. The molecule has 24 heavy (non-hydrogen) atoms. The second-order valence-electron chi connectivity index (χ2n) is 7.28. The minimum absolute atomic E-state index is 0.201. The van der Waals surface area contributed by atoms with Crippen molar-refractivity contribution in [2.75, 3.05) is 39.3 Å². The van der Waals surface area contributed by atoms with Crippen molar-refractivity contribution in [3.8, 4) is 0 Å². The summed E-state index contributed by atoms with van der Waals surface area (Å²) in [7, 11) is 0. The number of hydrogen-bond donors (Lipinski definition) is 3. The molecule has 1 aliphatic carbocycles. The quantitative estimate of drug-likeness (QED) is 0.353. The number of aliphatic imine (C=N–C) groups is 1. The van der Waals surface area contributed by atoms with Gasteiger partial charge in [-0.25, -0.2) is 0 Å². The van der Waals surface area contributed by atoms with Crippen molar-refractivity contribution < 1.29 is 4.79 Å². The molecular formula is C18H35N5O. The highest BCUT2D eigenvalue weighted by Gasteiger charge is 2.29. The van der Waals surface area contributed by atoms with Gasteiger partial charge in [-0.15, -0.1) is 0 Å². The summed E-state index contributed by atoms with van der Waals surface area (Å²) in [6.07, 6.45) is 4.70. The average Bonchev–Trinajstić information content (AvgIpc) is 3.41. The molecule has 0 radical (unpaired) electrons. The summed E-state index contributed by atoms with van der Waals surface area (Å²) in [5.41, 5.74) is 0. The predicted molar refractivity (Wildman–Crippen MR) is 99.1 cm³/mol. The third kappa shape index (κ3) is 6.67. The lowest BCUT2D eigenvalue weighted by Crippen LogP contribution is -2.44. The summed E-state index contributed by atoms with van der Waals surface area (Å²) in [5, 5.41) is 9.56. The van der Waals surface area contributed by atoms with Gasteiger partial charge < -0.3 is 16.0 Å². The van der Waals surface area contributed by atoms with Gasteiger partial charge in [0.05, 0.1) is 6.54 Å². The van der Waals surface area contributed by atoms with Gasteiger partial charge in [-0.1, -0.05) is 6.92 Å². The first kappa shape index (κ1) is 19.0. The van der Waals surface area contributed by atoms with Crippen LogP contribution in [-0.2, 0) is 4.79 Å². The SMILES string of the molecule is CCNC(=NCC(C)N1CCC(C)CC1)NCCNC(=O)C1CC1. The predicted octanol–water partition coefficient (Wildman–Crippen LogP) is 1.19. The maximum Gasteiger partial charge on any atom is 0.223 e. The highest BCUT2D eigenvalue weighted by Crippen LogP contribution is 2.28. The zero-order chi connectivity index (χ0) is 17.4. The van der Waals surface area contributed by atoms with Crippen molar-refractivity contribution in [3.05, 3.63) is 0 Å². The molecule has 2 aliphatic rings. The summed E-state index contributed by atoms with van der Waals surface area (Å²) in [5.74, 6) is 2.18. The van der Waals surface area contributed by atoms with Gasteiger partial charge in [0.15, 0.2) is 5.96 Å². The zero-order valence-electron chi connectivity index (χ0n) is 15.6. The number of nitrogens with one attached hydrogen (secondary N) is 3. The molecule has 1 aliphatic heterocycles. The summed E-state index contributed by atoms with van der Waals surface area (Å²) in [6.45, 7) is 12.1. The first-order valence-corrected chi connectivity index (χ1v) is 9.64. The van der Waals surface area contributed by atoms with Gasteiger partial charge in [0.1, 0.15) is 0 Å². The largest absolute Gasteiger partial charge is 0.357 e. The normalized spacial score (nSPS) is 21.4. The number of carbonyl (C=O) groups is 1. The smallest absolute Gasteiger partial charge is 0.223 e. The van der Waals surface area contributed by atoms with Gasteiger partial charge in [-0.3, -0.25) is 14.7 Å². The van der Waals surface area contributed by atoms with Crippen LogP contribution in [-0.4, -0.2) is 62.1 Å². The molecule has 1 unspecified atom stereocenters. The van der Waals surface area contributed by atoms with Crippen molar-refractivity contribution in [1.29, 1.82) is 0 Å². The second-order valence-corrected chi connectivity index (χ2v) is 7.28. The van der Waals surface area contributed by atoms with Crippen LogP contribution in [0.4, 0.5) is 0 Å². The lowest BCUT2D eigenvalue weighted by Gasteiger charge is -2.34. The Kier molecular flexibility index (Phi) is 7.82. The van der Waals surface area contributed by atoms with E-state index in [1.165, 1.54) is 25.9 Å². The number of carbonyl (C=O) groups excluding carboxylic acids is 1. The molecule has 0 aromatic heterocycles. The Labute approximate surface area is 146 Å². The standard InChI is InChI=1S/C18H35N5O/c1-4-19-18(21-10-9-20-17(24)16-5-6-16)22-13-15(3)23-11-7-14(2)8-12-23/h14-16H,4-13H2,1-3H3,(H,20,24)(H2,19,21,22). The number of nitrogens with zero attached hydrogens (tertiary/aromatic N) is 2. The van der Waals surface area contributed by atoms with Gasteiger partial charge in [0, 0.05) is 31.6 Å². The van der Waals surface area contributed by atoms with Crippen molar-refractivity contribution in [2.45, 2.75) is 52.5 Å². The topological polar surface area (TPSA) is 68.8 Å². The van der Waals surface area contributed by atoms with Crippen LogP contribution in [0.2, 0.25) is 0 Å². The van der Waals surface area contributed by atoms with E-state index in [1.807, 2.05) is 0 Å². The number of rotatable bonds is 8. The Balaban J connectivity index is 1.67. The van der Waals surface area contributed by atoms with Crippen molar-refractivity contribution in [2.24, 2.45) is 16.8 Å². The first-order chi connectivity index (χ1) is 11.6. The fraction of sp³-hybridized carbons (Fsp3) is 0.889. The van der Waals surface area contributed by atoms with Crippen LogP contribution in [0.25, 0.3) is 0 Å². The Morgan fingerprint density at radius 2 is 1.79 bits per heavy atom. The molecule has 1 amide bonds. The Morgan fingerprint density at radius 1 is 1.12 bits per heavy atom. The van der Waals surface area contributed by atoms with Gasteiger partial charge in [0.25, 0.3) is 0 Å². The summed E-state index contributed by atoms with van der Waals surface area (Å²) < 4.78 is 0. The molecule has 0 aromatic carbocycles. The highest BCUT2D eigenvalue weighted by atomic mass is 16.2. The van der Waals surface area contributed by atoms with E-state index in [4.69, 9.17) is 4.99 Å². The van der Waals surface area contributed by atoms with Crippen LogP contribution in [0, 0.1) is 11.8 Å². The lowest BCUT2D eigenvalue weighted by atomic mass is 9.98. The van der Waals surface area contributed by atoms with E-state index in [9.17, 15) is 4.79 Å². The minimum Gasteiger partial charge on any atom is -0.357 e. The van der Waals surface area contributed by atoms with Crippen molar-refractivity contribution in [1.82, 2.24) is 20.9 Å². The summed E-state index contributed by atoms with van der Waals surface area (Å²) in [4.78, 5) is 18.9. The molecular weight excluding hydrogens is 302 g/mol. The van der Waals surface area contributed by atoms with E-state index in [0.29, 0.717) is 19.1 Å². The van der Waals surface area contributed by atoms with Crippen LogP contribution >= 0.6 is 0 Å². The van der Waals surface area contributed by atoms with Crippen LogP contribution < -0.4 is 16.0 Å². The van der Waals surface area contributed by atoms with Gasteiger partial charge >= 0.3 is 0 Å². The molecule has 6 heteroatoms. The van der Waals surface area contributed by atoms with E-state index in [-0.39, 0.29) is 11.8 Å². The van der Waals surface area contributed by atoms with E-state index in [1.54, 1.807) is 0 Å². The van der Waals surface area contributed by atoms with Crippen molar-refractivity contribution in [3.63, 3.8) is 0 Å². The van der Waals surface area contributed by atoms with Crippen LogP contribution in [0.5, 0.6) is 0 Å². The summed E-state index contributed by atoms with van der Waals surface area (Å²) >= 11 is 0. The number of likely N-dealkylation sites (tertiary alicyclic amines) is 1. The summed E-state index contributed by atoms with van der Waals surface area (Å²) in [6, 6.07) is 0.475. The Morgan fingerprint density at radius 3 is 2.42 bits per heavy atom. The fourth-order valence-corrected chi connectivity index (χ4v) is 3.01. The number of hydrogen-bond acceptors (Lipinski definition) is 3. The van der Waals surface area contributed by atoms with Gasteiger partial charge in [0.2, 0.25) is 5.91 Å². The monoisotopic (exact) mass is 337 g/mol. The molecule has 1 saturated carbocycles. The van der Waals surface area contributed by atoms with Crippen LogP contribution in [0.3, 0.4) is 0 Å². The van der Waals surface area contributed by atoms with Crippen molar-refractivity contribution >= 4 is 11.9 Å². The third-order valence-corrected chi connectivity index (χ3v) is 4.96. The van der Waals surface area contributed by atoms with Gasteiger partial charge in [-0.05, 0) is 58.5 Å². The molecule has 2 rings (SSSR count). The number of amides is 1. The minimum atomic E-state index is 0.201. The van der Waals surface area contributed by atoms with Crippen LogP contribution in [0.15, 0.2) is 4.99 Å². The lowest BCUT2D eigenvalue weighted by molar-refractivity contribution is -0.122. The fourth-order valence-electron chi connectivity index (χ4n) is 3.01. The van der Waals surface area contributed by atoms with E-state index in [2.05, 4.69) is 41.6 Å². The molecule has 0 bridgehead atoms. The molecule has 1 saturated heterocycles. The molecule has 138 valence electrons. The maximum absolute atomic E-state index is 11.6.